The Labute approximate surface area is 311 Å². The number of benzene rings is 2. The van der Waals surface area contributed by atoms with E-state index in [4.69, 9.17) is 10.5 Å². The number of nitrogens with zero attached hydrogens (tertiary/aromatic N) is 1. The molecule has 4 fully saturated rings. The largest absolute Gasteiger partial charge is 0.459 e. The summed E-state index contributed by atoms with van der Waals surface area (Å²) in [6.45, 7) is 9.98. The predicted octanol–water partition coefficient (Wildman–Crippen LogP) is 4.51. The van der Waals surface area contributed by atoms with E-state index in [0.717, 1.165) is 54.9 Å². The van der Waals surface area contributed by atoms with Gasteiger partial charge in [-0.2, -0.15) is 0 Å². The smallest absolute Gasteiger partial charge is 0.332 e. The van der Waals surface area contributed by atoms with Crippen molar-refractivity contribution in [1.82, 2.24) is 20.9 Å². The molecule has 0 bridgehead atoms. The van der Waals surface area contributed by atoms with E-state index in [2.05, 4.69) is 29.8 Å². The molecule has 4 aliphatic rings. The van der Waals surface area contributed by atoms with Gasteiger partial charge in [0.2, 0.25) is 17.6 Å². The number of fused-ring (bicyclic) bond motifs is 2. The van der Waals surface area contributed by atoms with Gasteiger partial charge in [-0.3, -0.25) is 19.2 Å². The third kappa shape index (κ3) is 7.92. The minimum absolute atomic E-state index is 0.0523. The second-order valence-corrected chi connectivity index (χ2v) is 17.5. The number of ether oxygens (including phenoxy) is 1. The van der Waals surface area contributed by atoms with E-state index in [1.807, 2.05) is 63.2 Å². The fourth-order valence-electron chi connectivity index (χ4n) is 8.89. The standard InChI is InChI=1S/C41H55N5O7/c1-39(2,3)33(36(50)46-22-28-30(40(28,4)5)31(46)35(49)43-29(32(47)34(42)48)21-24-12-11-13-24)44-38(52)45-41(18-9-6-10-19-41)37(51)53-23-25-16-17-26-14-7-8-15-27(26)20-25/h7-8,14-17,20,24,28-31,33H,6,9-13,18-19,21-23H2,1-5H3,(H2,42,48)(H,43,49)(H2,44,45,52)/t28-,29?,30-,31-,33+/m0/s1. The van der Waals surface area contributed by atoms with E-state index in [0.29, 0.717) is 25.8 Å². The number of esters is 1. The topological polar surface area (TPSA) is 177 Å². The molecule has 1 saturated heterocycles. The van der Waals surface area contributed by atoms with E-state index in [9.17, 15) is 28.8 Å². The van der Waals surface area contributed by atoms with Gasteiger partial charge in [0, 0.05) is 6.54 Å². The van der Waals surface area contributed by atoms with Crippen LogP contribution in [0.25, 0.3) is 10.8 Å². The first kappa shape index (κ1) is 38.3. The molecule has 3 saturated carbocycles. The fraction of sp³-hybridized carbons (Fsp3) is 0.610. The first-order valence-electron chi connectivity index (χ1n) is 19.2. The van der Waals surface area contributed by atoms with Crippen LogP contribution in [0.1, 0.15) is 98.0 Å². The van der Waals surface area contributed by atoms with Gasteiger partial charge in [-0.1, -0.05) is 110 Å². The van der Waals surface area contributed by atoms with Gasteiger partial charge in [0.05, 0.1) is 6.04 Å². The first-order valence-corrected chi connectivity index (χ1v) is 19.2. The highest BCUT2D eigenvalue weighted by atomic mass is 16.5. The molecular formula is C41H55N5O7. The van der Waals surface area contributed by atoms with Crippen molar-refractivity contribution in [3.8, 4) is 0 Å². The number of hydrogen-bond acceptors (Lipinski definition) is 7. The summed E-state index contributed by atoms with van der Waals surface area (Å²) in [5, 5.41) is 10.7. The highest BCUT2D eigenvalue weighted by Gasteiger charge is 2.70. The Hall–Kier alpha value is -4.48. The summed E-state index contributed by atoms with van der Waals surface area (Å²) in [4.78, 5) is 82.4. The van der Waals surface area contributed by atoms with Crippen molar-refractivity contribution >= 4 is 46.3 Å². The molecule has 2 aromatic carbocycles. The summed E-state index contributed by atoms with van der Waals surface area (Å²) in [6, 6.07) is 10.2. The van der Waals surface area contributed by atoms with Crippen LogP contribution in [-0.4, -0.2) is 70.6 Å². The van der Waals surface area contributed by atoms with E-state index >= 15 is 0 Å². The molecule has 6 rings (SSSR count). The van der Waals surface area contributed by atoms with Crippen LogP contribution < -0.4 is 21.7 Å². The Bertz CT molecular complexity index is 1770. The number of nitrogens with one attached hydrogen (secondary N) is 3. The molecule has 0 radical (unpaired) electrons. The zero-order valence-electron chi connectivity index (χ0n) is 31.7. The number of nitrogens with two attached hydrogens (primary N) is 1. The minimum Gasteiger partial charge on any atom is -0.459 e. The predicted molar refractivity (Wildman–Crippen MR) is 199 cm³/mol. The third-order valence-corrected chi connectivity index (χ3v) is 12.5. The molecule has 0 spiro atoms. The zero-order valence-corrected chi connectivity index (χ0v) is 31.7. The number of primary amides is 1. The summed E-state index contributed by atoms with van der Waals surface area (Å²) in [6.07, 6.45) is 6.38. The molecule has 5 atom stereocenters. The SMILES string of the molecule is CC(C)(C)[C@H](NC(=O)NC1(C(=O)OCc2ccc3ccccc3c2)CCCCC1)C(=O)N1C[C@H]2[C@@H]([C@H]1C(=O)NC(CC1CCC1)C(=O)C(N)=O)C2(C)C. The van der Waals surface area contributed by atoms with Crippen LogP contribution in [0.2, 0.25) is 0 Å². The van der Waals surface area contributed by atoms with Crippen LogP contribution in [0.5, 0.6) is 0 Å². The van der Waals surface area contributed by atoms with Gasteiger partial charge < -0.3 is 31.3 Å². The Morgan fingerprint density at radius 3 is 2.23 bits per heavy atom. The highest BCUT2D eigenvalue weighted by Crippen LogP contribution is 2.65. The van der Waals surface area contributed by atoms with E-state index in [1.54, 1.807) is 0 Å². The van der Waals surface area contributed by atoms with Gasteiger partial charge in [-0.15, -0.1) is 0 Å². The van der Waals surface area contributed by atoms with Gasteiger partial charge in [-0.25, -0.2) is 9.59 Å². The number of rotatable bonds is 12. The summed E-state index contributed by atoms with van der Waals surface area (Å²) in [7, 11) is 0. The van der Waals surface area contributed by atoms with Crippen LogP contribution in [0.3, 0.4) is 0 Å². The molecule has 53 heavy (non-hydrogen) atoms. The molecule has 2 aromatic rings. The molecule has 0 aromatic heterocycles. The lowest BCUT2D eigenvalue weighted by Gasteiger charge is -2.39. The Morgan fingerprint density at radius 1 is 0.925 bits per heavy atom. The van der Waals surface area contributed by atoms with Crippen LogP contribution in [0.15, 0.2) is 42.5 Å². The van der Waals surface area contributed by atoms with Gasteiger partial charge in [0.25, 0.3) is 5.91 Å². The van der Waals surface area contributed by atoms with Crippen molar-refractivity contribution in [1.29, 1.82) is 0 Å². The number of urea groups is 1. The molecule has 5 amide bonds. The number of Topliss-reactive ketones (excluding diaryl/α,β-unsaturated/α-hetero) is 1. The van der Waals surface area contributed by atoms with Crippen LogP contribution in [0, 0.1) is 28.6 Å². The summed E-state index contributed by atoms with van der Waals surface area (Å²) < 4.78 is 5.84. The Kier molecular flexibility index (Phi) is 10.6. The van der Waals surface area contributed by atoms with Crippen LogP contribution in [-0.2, 0) is 35.3 Å². The molecule has 5 N–H and O–H groups in total. The normalized spacial score (nSPS) is 24.2. The molecular weight excluding hydrogens is 674 g/mol. The van der Waals surface area contributed by atoms with Gasteiger partial charge in [0.15, 0.2) is 0 Å². The maximum atomic E-state index is 14.5. The number of likely N-dealkylation sites (tertiary alicyclic amines) is 1. The summed E-state index contributed by atoms with van der Waals surface area (Å²) in [5.74, 6) is -3.27. The second-order valence-electron chi connectivity index (χ2n) is 17.5. The van der Waals surface area contributed by atoms with Gasteiger partial charge in [0.1, 0.15) is 24.2 Å². The lowest BCUT2D eigenvalue weighted by atomic mass is 9.80. The molecule has 12 nitrogen and oxygen atoms in total. The van der Waals surface area contributed by atoms with E-state index < -0.39 is 64.6 Å². The average molecular weight is 730 g/mol. The number of hydrogen-bond donors (Lipinski definition) is 4. The molecule has 3 aliphatic carbocycles. The van der Waals surface area contributed by atoms with Crippen LogP contribution >= 0.6 is 0 Å². The second kappa shape index (κ2) is 14.7. The average Bonchev–Trinajstić information content (AvgIpc) is 3.40. The first-order chi connectivity index (χ1) is 25.0. The van der Waals surface area contributed by atoms with Crippen LogP contribution in [0.4, 0.5) is 4.79 Å². The van der Waals surface area contributed by atoms with Crippen molar-refractivity contribution < 1.29 is 33.5 Å². The maximum Gasteiger partial charge on any atom is 0.332 e. The highest BCUT2D eigenvalue weighted by molar-refractivity contribution is 6.37. The zero-order chi connectivity index (χ0) is 38.3. The van der Waals surface area contributed by atoms with Crippen molar-refractivity contribution in [3.05, 3.63) is 48.0 Å². The fourth-order valence-corrected chi connectivity index (χ4v) is 8.89. The van der Waals surface area contributed by atoms with Crippen molar-refractivity contribution in [2.75, 3.05) is 6.54 Å². The van der Waals surface area contributed by atoms with E-state index in [-0.39, 0.29) is 29.8 Å². The number of amides is 5. The summed E-state index contributed by atoms with van der Waals surface area (Å²) >= 11 is 0. The lowest BCUT2D eigenvalue weighted by Crippen LogP contribution is -2.64. The summed E-state index contributed by atoms with van der Waals surface area (Å²) in [5.41, 5.74) is 3.96. The minimum atomic E-state index is -1.26. The van der Waals surface area contributed by atoms with Crippen molar-refractivity contribution in [2.45, 2.75) is 123 Å². The molecule has 12 heteroatoms. The number of ketones is 1. The van der Waals surface area contributed by atoms with Crippen molar-refractivity contribution in [3.63, 3.8) is 0 Å². The monoisotopic (exact) mass is 729 g/mol. The van der Waals surface area contributed by atoms with E-state index in [1.165, 1.54) is 4.90 Å². The maximum absolute atomic E-state index is 14.5. The molecule has 1 heterocycles. The number of carbonyl (C=O) groups is 6. The third-order valence-electron chi connectivity index (χ3n) is 12.5. The lowest BCUT2D eigenvalue weighted by molar-refractivity contribution is -0.154. The molecule has 1 aliphatic heterocycles. The van der Waals surface area contributed by atoms with Crippen molar-refractivity contribution in [2.24, 2.45) is 34.3 Å². The number of carbonyl (C=O) groups excluding carboxylic acids is 6. The quantitative estimate of drug-likeness (QED) is 0.184. The molecule has 1 unspecified atom stereocenters. The Morgan fingerprint density at radius 2 is 1.60 bits per heavy atom. The van der Waals surface area contributed by atoms with Gasteiger partial charge in [-0.05, 0) is 70.2 Å². The molecule has 286 valence electrons. The van der Waals surface area contributed by atoms with Gasteiger partial charge >= 0.3 is 12.0 Å². The Balaban J connectivity index is 1.16. The number of piperidine rings is 1.